The molecule has 4 N–H and O–H groups in total. The van der Waals surface area contributed by atoms with Crippen molar-refractivity contribution in [2.75, 3.05) is 11.9 Å². The predicted octanol–water partition coefficient (Wildman–Crippen LogP) is 1.87. The van der Waals surface area contributed by atoms with Gasteiger partial charge < -0.3 is 11.1 Å². The van der Waals surface area contributed by atoms with Crippen molar-refractivity contribution >= 4 is 27.5 Å². The smallest absolute Gasteiger partial charge is 0.255 e. The predicted molar refractivity (Wildman–Crippen MR) is 97.2 cm³/mol. The molecule has 7 nitrogen and oxygen atoms in total. The number of hydrogen-bond acceptors (Lipinski definition) is 4. The SMILES string of the molecule is NC(=O)c1cc(NC(=O)c2cccc(S(=O)(=O)NCC3CC3)c2)ccc1F. The minimum Gasteiger partial charge on any atom is -0.366 e. The Morgan fingerprint density at radius 2 is 1.89 bits per heavy atom. The molecule has 142 valence electrons. The molecule has 1 aliphatic rings. The van der Waals surface area contributed by atoms with Crippen molar-refractivity contribution in [3.63, 3.8) is 0 Å². The third-order valence-electron chi connectivity index (χ3n) is 4.16. The molecule has 2 aromatic rings. The van der Waals surface area contributed by atoms with Gasteiger partial charge in [-0.05, 0) is 55.2 Å². The van der Waals surface area contributed by atoms with Gasteiger partial charge in [0, 0.05) is 17.8 Å². The lowest BCUT2D eigenvalue weighted by Crippen LogP contribution is -2.26. The first-order valence-electron chi connectivity index (χ1n) is 8.27. The van der Waals surface area contributed by atoms with Gasteiger partial charge in [0.2, 0.25) is 10.0 Å². The zero-order valence-electron chi connectivity index (χ0n) is 14.2. The maximum atomic E-state index is 13.5. The van der Waals surface area contributed by atoms with E-state index in [4.69, 9.17) is 5.73 Å². The van der Waals surface area contributed by atoms with Gasteiger partial charge in [0.1, 0.15) is 5.82 Å². The summed E-state index contributed by atoms with van der Waals surface area (Å²) >= 11 is 0. The molecule has 1 saturated carbocycles. The van der Waals surface area contributed by atoms with Gasteiger partial charge in [0.15, 0.2) is 0 Å². The Morgan fingerprint density at radius 1 is 1.15 bits per heavy atom. The first-order chi connectivity index (χ1) is 12.8. The molecule has 0 atom stereocenters. The van der Waals surface area contributed by atoms with Crippen LogP contribution in [0.2, 0.25) is 0 Å². The monoisotopic (exact) mass is 391 g/mol. The molecule has 2 amide bonds. The lowest BCUT2D eigenvalue weighted by molar-refractivity contribution is 0.0992. The molecule has 2 aromatic carbocycles. The van der Waals surface area contributed by atoms with Crippen LogP contribution in [0.4, 0.5) is 10.1 Å². The summed E-state index contributed by atoms with van der Waals surface area (Å²) in [6, 6.07) is 8.97. The van der Waals surface area contributed by atoms with E-state index in [9.17, 15) is 22.4 Å². The second kappa shape index (κ2) is 7.45. The van der Waals surface area contributed by atoms with Crippen molar-refractivity contribution in [1.29, 1.82) is 0 Å². The Hall–Kier alpha value is -2.78. The van der Waals surface area contributed by atoms with Crippen LogP contribution in [0.1, 0.15) is 33.6 Å². The number of halogens is 1. The summed E-state index contributed by atoms with van der Waals surface area (Å²) in [4.78, 5) is 23.6. The molecule has 0 spiro atoms. The largest absolute Gasteiger partial charge is 0.366 e. The van der Waals surface area contributed by atoms with Gasteiger partial charge in [-0.2, -0.15) is 0 Å². The summed E-state index contributed by atoms with van der Waals surface area (Å²) in [5.41, 5.74) is 5.00. The molecule has 0 saturated heterocycles. The molecule has 27 heavy (non-hydrogen) atoms. The molecule has 1 aliphatic carbocycles. The van der Waals surface area contributed by atoms with E-state index in [1.54, 1.807) is 0 Å². The fourth-order valence-electron chi connectivity index (χ4n) is 2.43. The van der Waals surface area contributed by atoms with Crippen molar-refractivity contribution < 1.29 is 22.4 Å². The third-order valence-corrected chi connectivity index (χ3v) is 5.58. The fourth-order valence-corrected chi connectivity index (χ4v) is 3.59. The Labute approximate surface area is 155 Å². The maximum absolute atomic E-state index is 13.5. The summed E-state index contributed by atoms with van der Waals surface area (Å²) in [6.45, 7) is 0.379. The molecule has 0 radical (unpaired) electrons. The number of carbonyl (C=O) groups is 2. The molecule has 3 rings (SSSR count). The lowest BCUT2D eigenvalue weighted by atomic mass is 10.1. The zero-order valence-corrected chi connectivity index (χ0v) is 15.1. The minimum absolute atomic E-state index is 0.0206. The van der Waals surface area contributed by atoms with Crippen LogP contribution in [0.3, 0.4) is 0 Å². The van der Waals surface area contributed by atoms with Gasteiger partial charge in [-0.3, -0.25) is 9.59 Å². The van der Waals surface area contributed by atoms with Crippen LogP contribution in [0.5, 0.6) is 0 Å². The summed E-state index contributed by atoms with van der Waals surface area (Å²) in [5, 5.41) is 2.49. The summed E-state index contributed by atoms with van der Waals surface area (Å²) in [6.07, 6.45) is 2.02. The molecule has 0 aromatic heterocycles. The zero-order chi connectivity index (χ0) is 19.6. The van der Waals surface area contributed by atoms with E-state index < -0.39 is 27.7 Å². The summed E-state index contributed by atoms with van der Waals surface area (Å²) < 4.78 is 40.7. The van der Waals surface area contributed by atoms with Crippen molar-refractivity contribution in [3.8, 4) is 0 Å². The standard InChI is InChI=1S/C18H18FN3O4S/c19-16-7-6-13(9-15(16)17(20)23)22-18(24)12-2-1-3-14(8-12)27(25,26)21-10-11-4-5-11/h1-3,6-9,11,21H,4-5,10H2,(H2,20,23)(H,22,24). The van der Waals surface area contributed by atoms with Crippen molar-refractivity contribution in [1.82, 2.24) is 4.72 Å². The topological polar surface area (TPSA) is 118 Å². The number of nitrogens with two attached hydrogens (primary N) is 1. The third kappa shape index (κ3) is 4.69. The van der Waals surface area contributed by atoms with E-state index in [2.05, 4.69) is 10.0 Å². The van der Waals surface area contributed by atoms with Crippen LogP contribution in [-0.2, 0) is 10.0 Å². The lowest BCUT2D eigenvalue weighted by Gasteiger charge is -2.09. The second-order valence-electron chi connectivity index (χ2n) is 6.34. The Kier molecular flexibility index (Phi) is 5.24. The highest BCUT2D eigenvalue weighted by Crippen LogP contribution is 2.28. The highest BCUT2D eigenvalue weighted by molar-refractivity contribution is 7.89. The molecule has 1 fully saturated rings. The number of anilines is 1. The van der Waals surface area contributed by atoms with Gasteiger partial charge in [-0.1, -0.05) is 6.07 Å². The van der Waals surface area contributed by atoms with E-state index in [1.165, 1.54) is 30.3 Å². The van der Waals surface area contributed by atoms with Gasteiger partial charge in [-0.15, -0.1) is 0 Å². The van der Waals surface area contributed by atoms with Gasteiger partial charge in [0.25, 0.3) is 11.8 Å². The molecular weight excluding hydrogens is 373 g/mol. The molecular formula is C18H18FN3O4S. The fraction of sp³-hybridized carbons (Fsp3) is 0.222. The van der Waals surface area contributed by atoms with Crippen molar-refractivity contribution in [3.05, 3.63) is 59.4 Å². The minimum atomic E-state index is -3.71. The molecule has 0 aliphatic heterocycles. The number of nitrogens with one attached hydrogen (secondary N) is 2. The van der Waals surface area contributed by atoms with E-state index in [1.807, 2.05) is 0 Å². The van der Waals surface area contributed by atoms with E-state index >= 15 is 0 Å². The van der Waals surface area contributed by atoms with Gasteiger partial charge in [-0.25, -0.2) is 17.5 Å². The highest BCUT2D eigenvalue weighted by atomic mass is 32.2. The summed E-state index contributed by atoms with van der Waals surface area (Å²) in [5.74, 6) is -1.98. The number of primary amides is 1. The van der Waals surface area contributed by atoms with Crippen LogP contribution in [0, 0.1) is 11.7 Å². The highest BCUT2D eigenvalue weighted by Gasteiger charge is 2.24. The van der Waals surface area contributed by atoms with Crippen molar-refractivity contribution in [2.24, 2.45) is 11.7 Å². The second-order valence-corrected chi connectivity index (χ2v) is 8.10. The van der Waals surface area contributed by atoms with Crippen LogP contribution < -0.4 is 15.8 Å². The number of carbonyl (C=O) groups excluding carboxylic acids is 2. The van der Waals surface area contributed by atoms with Gasteiger partial charge in [0.05, 0.1) is 10.5 Å². The van der Waals surface area contributed by atoms with Crippen LogP contribution in [0.15, 0.2) is 47.4 Å². The average Bonchev–Trinajstić information content (AvgIpc) is 3.46. The number of sulfonamides is 1. The van der Waals surface area contributed by atoms with E-state index in [0.717, 1.165) is 25.0 Å². The summed E-state index contributed by atoms with van der Waals surface area (Å²) in [7, 11) is -3.71. The number of amides is 2. The number of benzene rings is 2. The van der Waals surface area contributed by atoms with Crippen LogP contribution in [0.25, 0.3) is 0 Å². The first-order valence-corrected chi connectivity index (χ1v) is 9.75. The Morgan fingerprint density at radius 3 is 2.56 bits per heavy atom. The molecule has 0 bridgehead atoms. The van der Waals surface area contributed by atoms with Crippen LogP contribution >= 0.6 is 0 Å². The number of hydrogen-bond donors (Lipinski definition) is 3. The maximum Gasteiger partial charge on any atom is 0.255 e. The normalized spacial score (nSPS) is 14.0. The van der Waals surface area contributed by atoms with E-state index in [-0.39, 0.29) is 21.7 Å². The Bertz CT molecular complexity index is 1000. The first kappa shape index (κ1) is 19.0. The quantitative estimate of drug-likeness (QED) is 0.667. The molecule has 9 heteroatoms. The number of rotatable bonds is 7. The average molecular weight is 391 g/mol. The van der Waals surface area contributed by atoms with Crippen LogP contribution in [-0.4, -0.2) is 26.8 Å². The Balaban J connectivity index is 1.77. The van der Waals surface area contributed by atoms with Gasteiger partial charge >= 0.3 is 0 Å². The van der Waals surface area contributed by atoms with E-state index in [0.29, 0.717) is 12.5 Å². The molecule has 0 heterocycles. The van der Waals surface area contributed by atoms with Crippen molar-refractivity contribution in [2.45, 2.75) is 17.7 Å². The molecule has 0 unspecified atom stereocenters.